The molecule has 2 heterocycles. The lowest BCUT2D eigenvalue weighted by Gasteiger charge is -2.19. The van der Waals surface area contributed by atoms with E-state index in [-0.39, 0.29) is 11.3 Å². The third-order valence-corrected chi connectivity index (χ3v) is 3.67. The van der Waals surface area contributed by atoms with Crippen LogP contribution in [-0.4, -0.2) is 22.9 Å². The molecule has 4 amide bonds. The Morgan fingerprint density at radius 1 is 1.33 bits per heavy atom. The Bertz CT molecular complexity index is 868. The van der Waals surface area contributed by atoms with Crippen LogP contribution in [0.4, 0.5) is 4.79 Å². The predicted molar refractivity (Wildman–Crippen MR) is 80.1 cm³/mol. The van der Waals surface area contributed by atoms with Crippen LogP contribution >= 0.6 is 0 Å². The number of nitrogens with zero attached hydrogens (tertiary/aromatic N) is 2. The molecule has 1 fully saturated rings. The number of hydrazine groups is 1. The Labute approximate surface area is 136 Å². The number of benzene rings is 1. The number of nitrogens with one attached hydrogen (secondary N) is 2. The number of amides is 4. The fourth-order valence-corrected chi connectivity index (χ4v) is 2.37. The molecule has 24 heavy (non-hydrogen) atoms. The van der Waals surface area contributed by atoms with E-state index in [0.717, 1.165) is 0 Å². The summed E-state index contributed by atoms with van der Waals surface area (Å²) in [6, 6.07) is 10.2. The van der Waals surface area contributed by atoms with Crippen molar-refractivity contribution in [3.63, 3.8) is 0 Å². The van der Waals surface area contributed by atoms with Gasteiger partial charge in [-0.25, -0.2) is 4.79 Å². The number of nitriles is 1. The lowest BCUT2D eigenvalue weighted by molar-refractivity contribution is -0.133. The van der Waals surface area contributed by atoms with Crippen LogP contribution in [0, 0.1) is 11.3 Å². The van der Waals surface area contributed by atoms with Crippen molar-refractivity contribution in [2.75, 3.05) is 0 Å². The molecule has 1 aromatic heterocycles. The van der Waals surface area contributed by atoms with Gasteiger partial charge in [-0.15, -0.1) is 0 Å². The highest BCUT2D eigenvalue weighted by Crippen LogP contribution is 2.28. The van der Waals surface area contributed by atoms with Crippen molar-refractivity contribution in [3.05, 3.63) is 59.5 Å². The molecule has 120 valence electrons. The van der Waals surface area contributed by atoms with Crippen LogP contribution in [0.5, 0.6) is 0 Å². The molecule has 1 saturated heterocycles. The Morgan fingerprint density at radius 3 is 2.79 bits per heavy atom. The Hall–Kier alpha value is -3.60. The second-order valence-electron chi connectivity index (χ2n) is 5.31. The van der Waals surface area contributed by atoms with E-state index in [2.05, 4.69) is 10.7 Å². The van der Waals surface area contributed by atoms with Gasteiger partial charge in [0, 0.05) is 5.56 Å². The molecule has 0 saturated carbocycles. The zero-order valence-corrected chi connectivity index (χ0v) is 12.6. The smallest absolute Gasteiger partial charge is 0.344 e. The van der Waals surface area contributed by atoms with E-state index in [1.54, 1.807) is 18.2 Å². The van der Waals surface area contributed by atoms with Crippen molar-refractivity contribution in [1.82, 2.24) is 15.8 Å². The first-order chi connectivity index (χ1) is 11.5. The second-order valence-corrected chi connectivity index (χ2v) is 5.31. The van der Waals surface area contributed by atoms with Crippen molar-refractivity contribution in [3.8, 4) is 6.07 Å². The van der Waals surface area contributed by atoms with Crippen molar-refractivity contribution in [2.45, 2.75) is 12.5 Å². The molecular weight excluding hydrogens is 312 g/mol. The number of urea groups is 1. The third-order valence-electron chi connectivity index (χ3n) is 3.67. The monoisotopic (exact) mass is 324 g/mol. The summed E-state index contributed by atoms with van der Waals surface area (Å²) in [5.74, 6) is -1.10. The van der Waals surface area contributed by atoms with Crippen molar-refractivity contribution >= 4 is 17.8 Å². The van der Waals surface area contributed by atoms with Crippen LogP contribution in [-0.2, 0) is 10.3 Å². The maximum absolute atomic E-state index is 12.5. The molecule has 0 unspecified atom stereocenters. The van der Waals surface area contributed by atoms with Crippen LogP contribution in [0.25, 0.3) is 0 Å². The van der Waals surface area contributed by atoms with Gasteiger partial charge in [-0.2, -0.15) is 10.3 Å². The third kappa shape index (κ3) is 2.38. The number of imide groups is 1. The van der Waals surface area contributed by atoms with Gasteiger partial charge in [-0.05, 0) is 37.3 Å². The Balaban J connectivity index is 1.83. The predicted octanol–water partition coefficient (Wildman–Crippen LogP) is 1.26. The average molecular weight is 324 g/mol. The summed E-state index contributed by atoms with van der Waals surface area (Å²) < 4.78 is 5.20. The lowest BCUT2D eigenvalue weighted by atomic mass is 10.00. The van der Waals surface area contributed by atoms with Gasteiger partial charge in [0.25, 0.3) is 11.8 Å². The first-order valence-corrected chi connectivity index (χ1v) is 6.97. The molecule has 1 atom stereocenters. The van der Waals surface area contributed by atoms with Gasteiger partial charge < -0.3 is 9.73 Å². The van der Waals surface area contributed by atoms with Gasteiger partial charge in [-0.1, -0.05) is 6.07 Å². The lowest BCUT2D eigenvalue weighted by Crippen LogP contribution is -2.47. The first-order valence-electron chi connectivity index (χ1n) is 6.97. The van der Waals surface area contributed by atoms with Crippen LogP contribution in [0.15, 0.2) is 47.1 Å². The highest BCUT2D eigenvalue weighted by molar-refractivity contribution is 6.09. The molecule has 8 nitrogen and oxygen atoms in total. The van der Waals surface area contributed by atoms with Gasteiger partial charge in [0.1, 0.15) is 5.76 Å². The average Bonchev–Trinajstić information content (AvgIpc) is 3.19. The molecule has 8 heteroatoms. The van der Waals surface area contributed by atoms with Crippen LogP contribution in [0.3, 0.4) is 0 Å². The van der Waals surface area contributed by atoms with Crippen LogP contribution in [0.1, 0.15) is 28.6 Å². The summed E-state index contributed by atoms with van der Waals surface area (Å²) in [6.45, 7) is 1.48. The number of carbonyl (C=O) groups excluding carboxylic acids is 3. The number of carbonyl (C=O) groups is 3. The normalized spacial score (nSPS) is 19.8. The summed E-state index contributed by atoms with van der Waals surface area (Å²) in [6.07, 6.45) is 1.38. The zero-order chi connectivity index (χ0) is 17.3. The summed E-state index contributed by atoms with van der Waals surface area (Å²) in [7, 11) is 0. The van der Waals surface area contributed by atoms with E-state index in [1.165, 1.54) is 31.4 Å². The number of hydrogen-bond donors (Lipinski definition) is 2. The molecular formula is C16H12N4O4. The van der Waals surface area contributed by atoms with Crippen molar-refractivity contribution < 1.29 is 18.8 Å². The largest absolute Gasteiger partial charge is 0.466 e. The SMILES string of the molecule is C[C@]1(c2ccco2)NC(=O)N(NC(=O)c2cccc(C#N)c2)C1=O. The molecule has 1 aliphatic rings. The highest BCUT2D eigenvalue weighted by atomic mass is 16.3. The molecule has 0 bridgehead atoms. The number of hydrogen-bond acceptors (Lipinski definition) is 5. The van der Waals surface area contributed by atoms with Gasteiger partial charge in [0.15, 0.2) is 5.54 Å². The fraction of sp³-hybridized carbons (Fsp3) is 0.125. The number of furan rings is 1. The standard InChI is InChI=1S/C16H12N4O4/c1-16(12-6-3-7-24-12)14(22)20(15(23)18-16)19-13(21)11-5-2-4-10(8-11)9-17/h2-8H,1H3,(H,18,23)(H,19,21)/t16-/m1/s1. The van der Waals surface area contributed by atoms with Gasteiger partial charge in [0.05, 0.1) is 17.9 Å². The minimum absolute atomic E-state index is 0.154. The molecule has 3 rings (SSSR count). The molecule has 0 spiro atoms. The zero-order valence-electron chi connectivity index (χ0n) is 12.6. The minimum atomic E-state index is -1.40. The van der Waals surface area contributed by atoms with E-state index < -0.39 is 23.4 Å². The van der Waals surface area contributed by atoms with Crippen LogP contribution < -0.4 is 10.7 Å². The molecule has 0 aliphatic carbocycles. The molecule has 2 N–H and O–H groups in total. The molecule has 1 aromatic carbocycles. The van der Waals surface area contributed by atoms with Crippen molar-refractivity contribution in [2.24, 2.45) is 0 Å². The first kappa shape index (κ1) is 15.3. The summed E-state index contributed by atoms with van der Waals surface area (Å²) in [4.78, 5) is 36.9. The fourth-order valence-electron chi connectivity index (χ4n) is 2.37. The Morgan fingerprint density at radius 2 is 2.12 bits per heavy atom. The van der Waals surface area contributed by atoms with Gasteiger partial charge in [0.2, 0.25) is 0 Å². The Kier molecular flexibility index (Phi) is 3.54. The maximum Gasteiger partial charge on any atom is 0.344 e. The van der Waals surface area contributed by atoms with Gasteiger partial charge >= 0.3 is 6.03 Å². The molecule has 2 aromatic rings. The quantitative estimate of drug-likeness (QED) is 0.825. The van der Waals surface area contributed by atoms with Gasteiger partial charge in [-0.3, -0.25) is 15.0 Å². The maximum atomic E-state index is 12.5. The van der Waals surface area contributed by atoms with E-state index in [4.69, 9.17) is 9.68 Å². The highest BCUT2D eigenvalue weighted by Gasteiger charge is 2.52. The van der Waals surface area contributed by atoms with E-state index in [0.29, 0.717) is 10.6 Å². The van der Waals surface area contributed by atoms with Crippen molar-refractivity contribution in [1.29, 1.82) is 5.26 Å². The minimum Gasteiger partial charge on any atom is -0.466 e. The van der Waals surface area contributed by atoms with E-state index >= 15 is 0 Å². The van der Waals surface area contributed by atoms with E-state index in [9.17, 15) is 14.4 Å². The van der Waals surface area contributed by atoms with E-state index in [1.807, 2.05) is 6.07 Å². The summed E-state index contributed by atoms with van der Waals surface area (Å²) in [5, 5.41) is 12.0. The van der Waals surface area contributed by atoms with Crippen LogP contribution in [0.2, 0.25) is 0 Å². The number of rotatable bonds is 3. The summed E-state index contributed by atoms with van der Waals surface area (Å²) in [5.41, 5.74) is 1.29. The summed E-state index contributed by atoms with van der Waals surface area (Å²) >= 11 is 0. The topological polar surface area (TPSA) is 115 Å². The molecule has 1 aliphatic heterocycles. The second kappa shape index (κ2) is 5.55. The molecule has 0 radical (unpaired) electrons.